The summed E-state index contributed by atoms with van der Waals surface area (Å²) in [6.45, 7) is 5.82. The zero-order chi connectivity index (χ0) is 18.4. The third-order valence-electron chi connectivity index (χ3n) is 4.49. The van der Waals surface area contributed by atoms with Gasteiger partial charge in [-0.2, -0.15) is 5.10 Å². The molecule has 2 N–H and O–H groups in total. The van der Waals surface area contributed by atoms with Crippen LogP contribution in [0.2, 0.25) is 0 Å². The highest BCUT2D eigenvalue weighted by Crippen LogP contribution is 2.27. The van der Waals surface area contributed by atoms with E-state index in [1.807, 2.05) is 49.7 Å². The van der Waals surface area contributed by atoms with E-state index in [4.69, 9.17) is 5.73 Å². The lowest BCUT2D eigenvalue weighted by Crippen LogP contribution is -2.14. The van der Waals surface area contributed by atoms with Crippen LogP contribution in [-0.4, -0.2) is 30.1 Å². The van der Waals surface area contributed by atoms with Crippen LogP contribution >= 0.6 is 0 Å². The van der Waals surface area contributed by atoms with Gasteiger partial charge in [-0.05, 0) is 44.5 Å². The summed E-state index contributed by atoms with van der Waals surface area (Å²) in [7, 11) is 0. The number of aryl methyl sites for hydroxylation is 2. The Kier molecular flexibility index (Phi) is 3.57. The Balaban J connectivity index is 1.95. The molecule has 4 aromatic rings. The second kappa shape index (κ2) is 5.80. The van der Waals surface area contributed by atoms with Gasteiger partial charge in [-0.1, -0.05) is 6.07 Å². The third-order valence-corrected chi connectivity index (χ3v) is 4.49. The maximum Gasteiger partial charge on any atom is 0.249 e. The van der Waals surface area contributed by atoms with Crippen LogP contribution in [0.4, 0.5) is 0 Å². The van der Waals surface area contributed by atoms with E-state index in [0.29, 0.717) is 11.4 Å². The van der Waals surface area contributed by atoms with E-state index in [9.17, 15) is 4.79 Å². The van der Waals surface area contributed by atoms with Gasteiger partial charge in [0.2, 0.25) is 5.91 Å². The minimum Gasteiger partial charge on any atom is -0.366 e. The van der Waals surface area contributed by atoms with Crippen LogP contribution in [0.1, 0.15) is 27.3 Å². The molecule has 0 saturated heterocycles. The predicted octanol–water partition coefficient (Wildman–Crippen LogP) is 2.61. The van der Waals surface area contributed by atoms with E-state index in [1.165, 1.54) is 0 Å². The van der Waals surface area contributed by atoms with E-state index in [2.05, 4.69) is 15.1 Å². The molecule has 0 radical (unpaired) electrons. The van der Waals surface area contributed by atoms with E-state index >= 15 is 0 Å². The Morgan fingerprint density at radius 3 is 2.77 bits per heavy atom. The van der Waals surface area contributed by atoms with Gasteiger partial charge in [0.15, 0.2) is 5.65 Å². The summed E-state index contributed by atoms with van der Waals surface area (Å²) in [5.74, 6) is 0.261. The normalized spacial score (nSPS) is 11.2. The molecule has 3 aromatic heterocycles. The van der Waals surface area contributed by atoms with Crippen molar-refractivity contribution in [3.05, 3.63) is 65.4 Å². The molecular weight excluding hydrogens is 328 g/mol. The van der Waals surface area contributed by atoms with Crippen LogP contribution in [-0.2, 0) is 0 Å². The first-order chi connectivity index (χ1) is 12.5. The molecule has 0 fully saturated rings. The summed E-state index contributed by atoms with van der Waals surface area (Å²) in [5, 5.41) is 4.44. The lowest BCUT2D eigenvalue weighted by molar-refractivity contribution is 0.0999. The number of rotatable bonds is 3. The smallest absolute Gasteiger partial charge is 0.249 e. The quantitative estimate of drug-likeness (QED) is 0.617. The van der Waals surface area contributed by atoms with Gasteiger partial charge >= 0.3 is 0 Å². The number of imidazole rings is 1. The van der Waals surface area contributed by atoms with Crippen LogP contribution in [0.3, 0.4) is 0 Å². The molecule has 0 bridgehead atoms. The molecule has 0 unspecified atom stereocenters. The number of aromatic nitrogens is 5. The molecule has 1 amide bonds. The van der Waals surface area contributed by atoms with Gasteiger partial charge in [-0.3, -0.25) is 9.36 Å². The number of carbonyl (C=O) groups excluding carboxylic acids is 1. The van der Waals surface area contributed by atoms with Crippen molar-refractivity contribution < 1.29 is 4.79 Å². The Morgan fingerprint density at radius 1 is 1.19 bits per heavy atom. The fourth-order valence-corrected chi connectivity index (χ4v) is 3.28. The number of hydrogen-bond donors (Lipinski definition) is 1. The van der Waals surface area contributed by atoms with Crippen molar-refractivity contribution in [3.63, 3.8) is 0 Å². The summed E-state index contributed by atoms with van der Waals surface area (Å²) in [4.78, 5) is 20.8. The zero-order valence-electron chi connectivity index (χ0n) is 14.8. The molecule has 4 rings (SSSR count). The summed E-state index contributed by atoms with van der Waals surface area (Å²) in [5.41, 5.74) is 11.1. The average molecular weight is 346 g/mol. The Bertz CT molecular complexity index is 1150. The summed E-state index contributed by atoms with van der Waals surface area (Å²) in [6.07, 6.45) is 5.34. The molecule has 7 nitrogen and oxygen atoms in total. The number of primary amides is 1. The molecule has 26 heavy (non-hydrogen) atoms. The first kappa shape index (κ1) is 16.0. The zero-order valence-corrected chi connectivity index (χ0v) is 14.8. The molecule has 3 heterocycles. The van der Waals surface area contributed by atoms with Gasteiger partial charge in [0.25, 0.3) is 0 Å². The summed E-state index contributed by atoms with van der Waals surface area (Å²) < 4.78 is 3.73. The molecule has 0 aliphatic carbocycles. The van der Waals surface area contributed by atoms with Crippen molar-refractivity contribution in [1.29, 1.82) is 0 Å². The number of carbonyl (C=O) groups is 1. The van der Waals surface area contributed by atoms with Crippen molar-refractivity contribution in [1.82, 2.24) is 24.1 Å². The van der Waals surface area contributed by atoms with Crippen LogP contribution < -0.4 is 5.73 Å². The minimum atomic E-state index is -0.449. The van der Waals surface area contributed by atoms with Gasteiger partial charge in [0, 0.05) is 29.3 Å². The largest absolute Gasteiger partial charge is 0.366 e. The molecule has 0 saturated carbocycles. The monoisotopic (exact) mass is 346 g/mol. The Morgan fingerprint density at radius 2 is 2.00 bits per heavy atom. The lowest BCUT2D eigenvalue weighted by Gasteiger charge is -2.12. The van der Waals surface area contributed by atoms with E-state index in [1.54, 1.807) is 23.0 Å². The van der Waals surface area contributed by atoms with Gasteiger partial charge in [0.1, 0.15) is 5.82 Å². The highest BCUT2D eigenvalue weighted by atomic mass is 16.1. The van der Waals surface area contributed by atoms with Gasteiger partial charge < -0.3 is 5.73 Å². The number of hydrogen-bond acceptors (Lipinski definition) is 4. The molecule has 1 aromatic carbocycles. The SMILES string of the molecule is Cc1cc(C)n2ncc(-c3nccn3-c3cccc(C(N)=O)c3C)c2n1. The van der Waals surface area contributed by atoms with Crippen molar-refractivity contribution in [3.8, 4) is 17.1 Å². The number of benzene rings is 1. The summed E-state index contributed by atoms with van der Waals surface area (Å²) in [6, 6.07) is 7.45. The van der Waals surface area contributed by atoms with Crippen molar-refractivity contribution in [2.24, 2.45) is 5.73 Å². The second-order valence-corrected chi connectivity index (χ2v) is 6.27. The van der Waals surface area contributed by atoms with E-state index in [0.717, 1.165) is 33.8 Å². The molecular formula is C19H18N6O. The standard InChI is InChI=1S/C19H18N6O/c1-11-9-12(2)25-19(23-11)15(10-22-25)18-21-7-8-24(18)16-6-4-5-14(13(16)3)17(20)26/h4-10H,1-3H3,(H2,20,26). The van der Waals surface area contributed by atoms with Gasteiger partial charge in [-0.25, -0.2) is 14.5 Å². The summed E-state index contributed by atoms with van der Waals surface area (Å²) >= 11 is 0. The fraction of sp³-hybridized carbons (Fsp3) is 0.158. The van der Waals surface area contributed by atoms with Crippen LogP contribution in [0.5, 0.6) is 0 Å². The minimum absolute atomic E-state index is 0.449. The van der Waals surface area contributed by atoms with Crippen molar-refractivity contribution in [2.75, 3.05) is 0 Å². The van der Waals surface area contributed by atoms with Crippen LogP contribution in [0, 0.1) is 20.8 Å². The highest BCUT2D eigenvalue weighted by molar-refractivity contribution is 5.95. The molecule has 0 atom stereocenters. The van der Waals surface area contributed by atoms with Crippen molar-refractivity contribution >= 4 is 11.6 Å². The van der Waals surface area contributed by atoms with E-state index < -0.39 is 5.91 Å². The molecule has 7 heteroatoms. The highest BCUT2D eigenvalue weighted by Gasteiger charge is 2.18. The number of nitrogens with zero attached hydrogens (tertiary/aromatic N) is 5. The fourth-order valence-electron chi connectivity index (χ4n) is 3.28. The maximum absolute atomic E-state index is 11.7. The number of nitrogens with two attached hydrogens (primary N) is 1. The number of fused-ring (bicyclic) bond motifs is 1. The topological polar surface area (TPSA) is 91.1 Å². The average Bonchev–Trinajstić information content (AvgIpc) is 3.21. The van der Waals surface area contributed by atoms with E-state index in [-0.39, 0.29) is 0 Å². The molecule has 130 valence electrons. The third kappa shape index (κ3) is 2.36. The maximum atomic E-state index is 11.7. The molecule has 0 aliphatic rings. The van der Waals surface area contributed by atoms with Gasteiger partial charge in [-0.15, -0.1) is 0 Å². The first-order valence-corrected chi connectivity index (χ1v) is 8.23. The van der Waals surface area contributed by atoms with Crippen LogP contribution in [0.25, 0.3) is 22.7 Å². The lowest BCUT2D eigenvalue weighted by atomic mass is 10.1. The second-order valence-electron chi connectivity index (χ2n) is 6.27. The Labute approximate surface area is 150 Å². The van der Waals surface area contributed by atoms with Crippen molar-refractivity contribution in [2.45, 2.75) is 20.8 Å². The molecule has 0 spiro atoms. The predicted molar refractivity (Wildman–Crippen MR) is 98.3 cm³/mol. The Hall–Kier alpha value is -3.48. The number of amides is 1. The van der Waals surface area contributed by atoms with Gasteiger partial charge in [0.05, 0.1) is 17.4 Å². The first-order valence-electron chi connectivity index (χ1n) is 8.23. The van der Waals surface area contributed by atoms with Crippen LogP contribution in [0.15, 0.2) is 42.9 Å². The molecule has 0 aliphatic heterocycles.